The summed E-state index contributed by atoms with van der Waals surface area (Å²) in [5, 5.41) is 8.51. The molecule has 0 aliphatic heterocycles. The molecule has 2 aromatic rings. The van der Waals surface area contributed by atoms with Crippen molar-refractivity contribution < 1.29 is 0 Å². The molecule has 0 fully saturated rings. The maximum Gasteiger partial charge on any atom is 0.134 e. The van der Waals surface area contributed by atoms with Crippen LogP contribution in [-0.4, -0.2) is 9.59 Å². The number of hydrogen-bond donors (Lipinski definition) is 1. The Morgan fingerprint density at radius 2 is 2.00 bits per heavy atom. The van der Waals surface area contributed by atoms with Gasteiger partial charge in [-0.1, -0.05) is 16.1 Å². The van der Waals surface area contributed by atoms with Crippen LogP contribution in [0.5, 0.6) is 0 Å². The second kappa shape index (κ2) is 3.72. The largest absolute Gasteiger partial charge is 0.345 e. The van der Waals surface area contributed by atoms with Crippen LogP contribution >= 0.6 is 23.1 Å². The predicted octanol–water partition coefficient (Wildman–Crippen LogP) is 2.94. The maximum absolute atomic E-state index is 5.74. The van der Waals surface area contributed by atoms with Crippen molar-refractivity contribution in [2.75, 3.05) is 5.32 Å². The third-order valence-electron chi connectivity index (χ3n) is 1.47. The summed E-state index contributed by atoms with van der Waals surface area (Å²) in [4.78, 5) is 0. The molecule has 0 saturated carbocycles. The molecule has 0 unspecified atom stereocenters. The van der Waals surface area contributed by atoms with Gasteiger partial charge in [0.15, 0.2) is 0 Å². The van der Waals surface area contributed by atoms with Gasteiger partial charge >= 0.3 is 0 Å². The molecule has 5 heteroatoms. The van der Waals surface area contributed by atoms with Gasteiger partial charge in [-0.15, -0.1) is 5.10 Å². The second-order valence-corrected chi connectivity index (χ2v) is 3.64. The molecule has 0 spiro atoms. The number of anilines is 2. The fraction of sp³-hybridized carbons (Fsp3) is 0. The zero-order chi connectivity index (χ0) is 9.10. The van der Waals surface area contributed by atoms with E-state index in [-0.39, 0.29) is 0 Å². The lowest BCUT2D eigenvalue weighted by Crippen LogP contribution is -1.85. The quantitative estimate of drug-likeness (QED) is 0.830. The molecule has 13 heavy (non-hydrogen) atoms. The molecule has 1 aromatic heterocycles. The summed E-state index contributed by atoms with van der Waals surface area (Å²) in [5.41, 5.74) is 0.982. The van der Waals surface area contributed by atoms with Crippen LogP contribution in [0.4, 0.5) is 10.7 Å². The predicted molar refractivity (Wildman–Crippen MR) is 54.6 cm³/mol. The van der Waals surface area contributed by atoms with Gasteiger partial charge in [-0.05, 0) is 24.3 Å². The first-order valence-corrected chi connectivity index (χ1v) is 4.80. The molecule has 0 aliphatic rings. The molecule has 66 valence electrons. The van der Waals surface area contributed by atoms with Crippen molar-refractivity contribution in [3.63, 3.8) is 0 Å². The summed E-state index contributed by atoms with van der Waals surface area (Å²) >= 11 is 7.06. The van der Waals surface area contributed by atoms with E-state index in [0.717, 1.165) is 15.7 Å². The van der Waals surface area contributed by atoms with Crippen LogP contribution in [0.1, 0.15) is 0 Å². The van der Waals surface area contributed by atoms with Crippen molar-refractivity contribution >= 4 is 33.8 Å². The normalized spacial score (nSPS) is 9.92. The van der Waals surface area contributed by atoms with Gasteiger partial charge in [0, 0.05) is 22.2 Å². The Labute approximate surface area is 84.5 Å². The average Bonchev–Trinajstić information content (AvgIpc) is 2.62. The third-order valence-corrected chi connectivity index (χ3v) is 2.31. The highest BCUT2D eigenvalue weighted by Gasteiger charge is 1.95. The van der Waals surface area contributed by atoms with Gasteiger partial charge in [0.1, 0.15) is 5.00 Å². The van der Waals surface area contributed by atoms with Crippen LogP contribution in [0, 0.1) is 0 Å². The van der Waals surface area contributed by atoms with Gasteiger partial charge in [0.05, 0.1) is 6.20 Å². The molecular formula is C8H6ClN3S. The van der Waals surface area contributed by atoms with Crippen molar-refractivity contribution in [1.29, 1.82) is 0 Å². The van der Waals surface area contributed by atoms with Crippen LogP contribution in [0.25, 0.3) is 0 Å². The first-order chi connectivity index (χ1) is 6.34. The lowest BCUT2D eigenvalue weighted by molar-refractivity contribution is 1.16. The summed E-state index contributed by atoms with van der Waals surface area (Å²) in [6.45, 7) is 0. The van der Waals surface area contributed by atoms with Gasteiger partial charge in [-0.3, -0.25) is 0 Å². The monoisotopic (exact) mass is 211 g/mol. The van der Waals surface area contributed by atoms with Crippen LogP contribution in [0.2, 0.25) is 5.02 Å². The average molecular weight is 212 g/mol. The molecule has 0 amide bonds. The lowest BCUT2D eigenvalue weighted by Gasteiger charge is -2.00. The van der Waals surface area contributed by atoms with Crippen LogP contribution in [0.3, 0.4) is 0 Å². The number of hydrogen-bond acceptors (Lipinski definition) is 4. The minimum Gasteiger partial charge on any atom is -0.345 e. The number of halogens is 1. The van der Waals surface area contributed by atoms with Gasteiger partial charge in [0.2, 0.25) is 0 Å². The van der Waals surface area contributed by atoms with E-state index in [9.17, 15) is 0 Å². The highest BCUT2D eigenvalue weighted by atomic mass is 35.5. The molecule has 3 nitrogen and oxygen atoms in total. The van der Waals surface area contributed by atoms with Gasteiger partial charge in [-0.25, -0.2) is 0 Å². The van der Waals surface area contributed by atoms with Crippen LogP contribution in [-0.2, 0) is 0 Å². The topological polar surface area (TPSA) is 37.8 Å². The van der Waals surface area contributed by atoms with Crippen LogP contribution < -0.4 is 5.32 Å². The molecular weight excluding hydrogens is 206 g/mol. The molecule has 1 N–H and O–H groups in total. The Kier molecular flexibility index (Phi) is 2.42. The van der Waals surface area contributed by atoms with E-state index >= 15 is 0 Å². The summed E-state index contributed by atoms with van der Waals surface area (Å²) in [6.07, 6.45) is 1.68. The van der Waals surface area contributed by atoms with E-state index in [1.807, 2.05) is 24.3 Å². The molecule has 1 heterocycles. The molecule has 0 bridgehead atoms. The smallest absolute Gasteiger partial charge is 0.134 e. The van der Waals surface area contributed by atoms with E-state index in [2.05, 4.69) is 14.9 Å². The zero-order valence-corrected chi connectivity index (χ0v) is 8.14. The minimum atomic E-state index is 0.730. The molecule has 0 saturated heterocycles. The number of nitrogens with zero attached hydrogens (tertiary/aromatic N) is 2. The molecule has 2 rings (SSSR count). The summed E-state index contributed by atoms with van der Waals surface area (Å²) in [5.74, 6) is 0. The highest BCUT2D eigenvalue weighted by Crippen LogP contribution is 2.19. The summed E-state index contributed by atoms with van der Waals surface area (Å²) < 4.78 is 3.74. The van der Waals surface area contributed by atoms with Gasteiger partial charge < -0.3 is 5.32 Å². The van der Waals surface area contributed by atoms with E-state index in [1.54, 1.807) is 6.20 Å². The van der Waals surface area contributed by atoms with Crippen molar-refractivity contribution in [1.82, 2.24) is 9.59 Å². The third kappa shape index (κ3) is 2.17. The zero-order valence-electron chi connectivity index (χ0n) is 6.57. The van der Waals surface area contributed by atoms with Crippen molar-refractivity contribution in [2.24, 2.45) is 0 Å². The minimum absolute atomic E-state index is 0.730. The highest BCUT2D eigenvalue weighted by molar-refractivity contribution is 7.09. The Bertz CT molecular complexity index is 371. The van der Waals surface area contributed by atoms with Crippen molar-refractivity contribution in [3.8, 4) is 0 Å². The second-order valence-electron chi connectivity index (χ2n) is 2.41. The maximum atomic E-state index is 5.74. The van der Waals surface area contributed by atoms with E-state index in [4.69, 9.17) is 11.6 Å². The molecule has 0 atom stereocenters. The summed E-state index contributed by atoms with van der Waals surface area (Å²) in [6, 6.07) is 7.47. The first-order valence-electron chi connectivity index (χ1n) is 3.64. The molecule has 0 radical (unpaired) electrons. The number of rotatable bonds is 2. The SMILES string of the molecule is Clc1ccc(Nc2cnns2)cc1. The van der Waals surface area contributed by atoms with Crippen molar-refractivity contribution in [3.05, 3.63) is 35.5 Å². The Balaban J connectivity index is 2.15. The van der Waals surface area contributed by atoms with E-state index < -0.39 is 0 Å². The van der Waals surface area contributed by atoms with Crippen molar-refractivity contribution in [2.45, 2.75) is 0 Å². The summed E-state index contributed by atoms with van der Waals surface area (Å²) in [7, 11) is 0. The Morgan fingerprint density at radius 3 is 2.62 bits per heavy atom. The fourth-order valence-electron chi connectivity index (χ4n) is 0.898. The number of nitrogens with one attached hydrogen (secondary N) is 1. The van der Waals surface area contributed by atoms with E-state index in [1.165, 1.54) is 11.5 Å². The number of aromatic nitrogens is 2. The van der Waals surface area contributed by atoms with E-state index in [0.29, 0.717) is 0 Å². The van der Waals surface area contributed by atoms with Crippen LogP contribution in [0.15, 0.2) is 30.5 Å². The standard InChI is InChI=1S/C8H6ClN3S/c9-6-1-3-7(4-2-6)11-8-5-10-12-13-8/h1-5,11H. The van der Waals surface area contributed by atoms with Gasteiger partial charge in [-0.2, -0.15) is 0 Å². The Hall–Kier alpha value is -1.13. The molecule has 0 aliphatic carbocycles. The molecule has 1 aromatic carbocycles. The number of benzene rings is 1. The van der Waals surface area contributed by atoms with Gasteiger partial charge in [0.25, 0.3) is 0 Å². The lowest BCUT2D eigenvalue weighted by atomic mass is 10.3. The Morgan fingerprint density at radius 1 is 1.23 bits per heavy atom. The first kappa shape index (κ1) is 8.47. The fourth-order valence-corrected chi connectivity index (χ4v) is 1.46.